The fourth-order valence-corrected chi connectivity index (χ4v) is 1.95. The number of nitro benzene ring substituents is 2. The molecule has 2 rings (SSSR count). The van der Waals surface area contributed by atoms with Crippen LogP contribution in [0.25, 0.3) is 0 Å². The highest BCUT2D eigenvalue weighted by molar-refractivity contribution is 6.06. The molecule has 0 heterocycles. The summed E-state index contributed by atoms with van der Waals surface area (Å²) in [7, 11) is 0. The van der Waals surface area contributed by atoms with E-state index in [1.54, 1.807) is 12.1 Å². The number of esters is 1. The second kappa shape index (κ2) is 7.17. The Morgan fingerprint density at radius 2 is 1.56 bits per heavy atom. The number of nitro groups is 2. The number of carbonyl (C=O) groups is 2. The van der Waals surface area contributed by atoms with Gasteiger partial charge in [-0.1, -0.05) is 12.1 Å². The summed E-state index contributed by atoms with van der Waals surface area (Å²) >= 11 is 0. The Bertz CT molecular complexity index is 847. The van der Waals surface area contributed by atoms with Crippen LogP contribution in [0.15, 0.2) is 42.5 Å². The summed E-state index contributed by atoms with van der Waals surface area (Å²) in [5.74, 6) is -1.36. The van der Waals surface area contributed by atoms with Crippen LogP contribution in [0.4, 0.5) is 17.1 Å². The lowest BCUT2D eigenvalue weighted by Crippen LogP contribution is -2.14. The zero-order chi connectivity index (χ0) is 18.6. The number of ether oxygens (including phenoxy) is 1. The molecule has 1 amide bonds. The maximum absolute atomic E-state index is 12.3. The summed E-state index contributed by atoms with van der Waals surface area (Å²) in [5.41, 5.74) is -1.32. The van der Waals surface area contributed by atoms with Crippen molar-refractivity contribution in [3.05, 3.63) is 68.3 Å². The van der Waals surface area contributed by atoms with E-state index in [1.807, 2.05) is 0 Å². The summed E-state index contributed by atoms with van der Waals surface area (Å²) in [5, 5.41) is 24.2. The lowest BCUT2D eigenvalue weighted by molar-refractivity contribution is -0.394. The lowest BCUT2D eigenvalue weighted by Gasteiger charge is -2.10. The van der Waals surface area contributed by atoms with E-state index in [-0.39, 0.29) is 17.0 Å². The van der Waals surface area contributed by atoms with Crippen LogP contribution in [0, 0.1) is 20.2 Å². The fraction of sp³-hybridized carbons (Fsp3) is 0.0667. The first-order valence-electron chi connectivity index (χ1n) is 6.80. The van der Waals surface area contributed by atoms with Gasteiger partial charge in [-0.25, -0.2) is 0 Å². The molecule has 25 heavy (non-hydrogen) atoms. The number of hydrogen-bond acceptors (Lipinski definition) is 7. The highest BCUT2D eigenvalue weighted by Crippen LogP contribution is 2.27. The average Bonchev–Trinajstić information content (AvgIpc) is 2.55. The number of amides is 1. The normalized spacial score (nSPS) is 9.96. The molecule has 2 aromatic carbocycles. The van der Waals surface area contributed by atoms with Crippen molar-refractivity contribution < 1.29 is 24.2 Å². The molecule has 0 fully saturated rings. The molecule has 0 saturated heterocycles. The third-order valence-electron chi connectivity index (χ3n) is 2.98. The SMILES string of the molecule is CC(=O)Oc1ccccc1NC(=O)c1cc([N+](=O)[O-])cc([N+](=O)[O-])c1. The van der Waals surface area contributed by atoms with E-state index in [4.69, 9.17) is 4.74 Å². The maximum atomic E-state index is 12.3. The van der Waals surface area contributed by atoms with Crippen LogP contribution in [0.3, 0.4) is 0 Å². The Morgan fingerprint density at radius 3 is 2.08 bits per heavy atom. The van der Waals surface area contributed by atoms with Crippen LogP contribution < -0.4 is 10.1 Å². The van der Waals surface area contributed by atoms with Gasteiger partial charge < -0.3 is 10.1 Å². The van der Waals surface area contributed by atoms with Crippen molar-refractivity contribution in [1.82, 2.24) is 0 Å². The van der Waals surface area contributed by atoms with E-state index in [0.717, 1.165) is 18.2 Å². The molecule has 0 unspecified atom stereocenters. The van der Waals surface area contributed by atoms with Gasteiger partial charge in [0.2, 0.25) is 0 Å². The highest BCUT2D eigenvalue weighted by Gasteiger charge is 2.20. The third-order valence-corrected chi connectivity index (χ3v) is 2.98. The second-order valence-electron chi connectivity index (χ2n) is 4.80. The van der Waals surface area contributed by atoms with Crippen molar-refractivity contribution in [2.75, 3.05) is 5.32 Å². The number of non-ortho nitro benzene ring substituents is 2. The average molecular weight is 345 g/mol. The van der Waals surface area contributed by atoms with Crippen LogP contribution in [0.1, 0.15) is 17.3 Å². The number of para-hydroxylation sites is 2. The van der Waals surface area contributed by atoms with Gasteiger partial charge in [-0.15, -0.1) is 0 Å². The molecule has 0 radical (unpaired) electrons. The minimum absolute atomic E-state index is 0.0725. The molecule has 0 aliphatic carbocycles. The van der Waals surface area contributed by atoms with Crippen molar-refractivity contribution in [2.24, 2.45) is 0 Å². The molecule has 0 aliphatic rings. The van der Waals surface area contributed by atoms with Crippen LogP contribution in [0.5, 0.6) is 5.75 Å². The van der Waals surface area contributed by atoms with E-state index in [0.29, 0.717) is 0 Å². The van der Waals surface area contributed by atoms with Crippen LogP contribution >= 0.6 is 0 Å². The zero-order valence-corrected chi connectivity index (χ0v) is 12.8. The smallest absolute Gasteiger partial charge is 0.308 e. The summed E-state index contributed by atoms with van der Waals surface area (Å²) < 4.78 is 4.94. The molecule has 0 saturated carbocycles. The summed E-state index contributed by atoms with van der Waals surface area (Å²) in [6, 6.07) is 8.61. The number of hydrogen-bond donors (Lipinski definition) is 1. The number of anilines is 1. The van der Waals surface area contributed by atoms with Gasteiger partial charge in [0.1, 0.15) is 0 Å². The topological polar surface area (TPSA) is 142 Å². The Labute approximate surface area is 140 Å². The van der Waals surface area contributed by atoms with Gasteiger partial charge in [0.25, 0.3) is 17.3 Å². The van der Waals surface area contributed by atoms with Gasteiger partial charge in [0.15, 0.2) is 5.75 Å². The van der Waals surface area contributed by atoms with E-state index in [1.165, 1.54) is 19.1 Å². The van der Waals surface area contributed by atoms with E-state index < -0.39 is 33.1 Å². The van der Waals surface area contributed by atoms with Crippen molar-refractivity contribution in [3.8, 4) is 5.75 Å². The molecule has 0 spiro atoms. The molecule has 10 heteroatoms. The first-order chi connectivity index (χ1) is 11.8. The molecule has 0 aromatic heterocycles. The van der Waals surface area contributed by atoms with Gasteiger partial charge in [-0.2, -0.15) is 0 Å². The van der Waals surface area contributed by atoms with Crippen molar-refractivity contribution in [2.45, 2.75) is 6.92 Å². The highest BCUT2D eigenvalue weighted by atomic mass is 16.6. The van der Waals surface area contributed by atoms with Crippen LogP contribution in [0.2, 0.25) is 0 Å². The summed E-state index contributed by atoms with van der Waals surface area (Å²) in [6.45, 7) is 1.18. The predicted molar refractivity (Wildman–Crippen MR) is 85.5 cm³/mol. The van der Waals surface area contributed by atoms with Gasteiger partial charge in [-0.05, 0) is 12.1 Å². The van der Waals surface area contributed by atoms with Crippen LogP contribution in [-0.4, -0.2) is 21.7 Å². The molecule has 0 atom stereocenters. The Morgan fingerprint density at radius 1 is 1.00 bits per heavy atom. The number of benzene rings is 2. The first kappa shape index (κ1) is 17.5. The van der Waals surface area contributed by atoms with Gasteiger partial charge in [0, 0.05) is 19.1 Å². The standard InChI is InChI=1S/C15H11N3O7/c1-9(19)25-14-5-3-2-4-13(14)16-15(20)10-6-11(17(21)22)8-12(7-10)18(23)24/h2-8H,1H3,(H,16,20). The minimum atomic E-state index is -0.837. The van der Waals surface area contributed by atoms with E-state index in [9.17, 15) is 29.8 Å². The van der Waals surface area contributed by atoms with Crippen molar-refractivity contribution in [1.29, 1.82) is 0 Å². The number of nitrogens with one attached hydrogen (secondary N) is 1. The van der Waals surface area contributed by atoms with E-state index >= 15 is 0 Å². The number of carbonyl (C=O) groups excluding carboxylic acids is 2. The molecule has 0 aliphatic heterocycles. The molecule has 1 N–H and O–H groups in total. The second-order valence-corrected chi connectivity index (χ2v) is 4.80. The molecule has 2 aromatic rings. The molecular weight excluding hydrogens is 334 g/mol. The predicted octanol–water partition coefficient (Wildman–Crippen LogP) is 2.68. The monoisotopic (exact) mass is 345 g/mol. The van der Waals surface area contributed by atoms with Gasteiger partial charge in [0.05, 0.1) is 27.2 Å². The fourth-order valence-electron chi connectivity index (χ4n) is 1.95. The van der Waals surface area contributed by atoms with Gasteiger partial charge >= 0.3 is 5.97 Å². The maximum Gasteiger partial charge on any atom is 0.308 e. The quantitative estimate of drug-likeness (QED) is 0.380. The summed E-state index contributed by atoms with van der Waals surface area (Å²) in [4.78, 5) is 43.5. The summed E-state index contributed by atoms with van der Waals surface area (Å²) in [6.07, 6.45) is 0. The zero-order valence-electron chi connectivity index (χ0n) is 12.8. The molecule has 128 valence electrons. The molecule has 0 bridgehead atoms. The Hall–Kier alpha value is -3.82. The Balaban J connectivity index is 2.37. The van der Waals surface area contributed by atoms with Gasteiger partial charge in [-0.3, -0.25) is 29.8 Å². The molecule has 10 nitrogen and oxygen atoms in total. The van der Waals surface area contributed by atoms with E-state index in [2.05, 4.69) is 5.32 Å². The first-order valence-corrected chi connectivity index (χ1v) is 6.80. The third kappa shape index (κ3) is 4.34. The Kier molecular flexibility index (Phi) is 5.03. The minimum Gasteiger partial charge on any atom is -0.424 e. The van der Waals surface area contributed by atoms with Crippen LogP contribution in [-0.2, 0) is 4.79 Å². The largest absolute Gasteiger partial charge is 0.424 e. The van der Waals surface area contributed by atoms with Crippen molar-refractivity contribution in [3.63, 3.8) is 0 Å². The number of nitrogens with zero attached hydrogens (tertiary/aromatic N) is 2. The lowest BCUT2D eigenvalue weighted by atomic mass is 10.1. The molecular formula is C15H11N3O7. The van der Waals surface area contributed by atoms with Crippen molar-refractivity contribution >= 4 is 28.9 Å². The number of rotatable bonds is 5.